The lowest BCUT2D eigenvalue weighted by atomic mass is 10.2. The Bertz CT molecular complexity index is 479. The van der Waals surface area contributed by atoms with Crippen LogP contribution in [0, 0.1) is 0 Å². The first-order valence-electron chi connectivity index (χ1n) is 6.05. The maximum absolute atomic E-state index is 12.3. The van der Waals surface area contributed by atoms with Crippen molar-refractivity contribution in [1.82, 2.24) is 4.31 Å². The summed E-state index contributed by atoms with van der Waals surface area (Å²) < 4.78 is 26.2. The van der Waals surface area contributed by atoms with E-state index in [-0.39, 0.29) is 6.61 Å². The summed E-state index contributed by atoms with van der Waals surface area (Å²) in [6.07, 6.45) is 3.00. The van der Waals surface area contributed by atoms with Crippen LogP contribution in [0.25, 0.3) is 0 Å². The molecule has 100 valence electrons. The number of sulfonamides is 1. The molecule has 1 fully saturated rings. The van der Waals surface area contributed by atoms with Crippen molar-refractivity contribution in [2.45, 2.75) is 30.8 Å². The van der Waals surface area contributed by atoms with Gasteiger partial charge in [-0.05, 0) is 30.5 Å². The molecule has 2 N–H and O–H groups in total. The molecule has 0 bridgehead atoms. The molecule has 5 nitrogen and oxygen atoms in total. The summed E-state index contributed by atoms with van der Waals surface area (Å²) in [6.45, 7) is 1.52. The maximum atomic E-state index is 12.3. The molecule has 1 aliphatic rings. The van der Waals surface area contributed by atoms with Gasteiger partial charge in [-0.2, -0.15) is 4.31 Å². The van der Waals surface area contributed by atoms with Crippen LogP contribution in [0.15, 0.2) is 29.2 Å². The van der Waals surface area contributed by atoms with E-state index in [2.05, 4.69) is 4.84 Å². The summed E-state index contributed by atoms with van der Waals surface area (Å²) in [5.41, 5.74) is 0.857. The van der Waals surface area contributed by atoms with Gasteiger partial charge >= 0.3 is 0 Å². The second-order valence-electron chi connectivity index (χ2n) is 4.42. The highest BCUT2D eigenvalue weighted by Crippen LogP contribution is 2.20. The molecule has 6 heteroatoms. The normalized spacial score (nSPS) is 17.8. The van der Waals surface area contributed by atoms with Gasteiger partial charge in [-0.1, -0.05) is 18.6 Å². The fourth-order valence-electron chi connectivity index (χ4n) is 2.11. The Balaban J connectivity index is 2.18. The van der Waals surface area contributed by atoms with Crippen molar-refractivity contribution in [3.05, 3.63) is 29.8 Å². The Kier molecular flexibility index (Phi) is 4.34. The van der Waals surface area contributed by atoms with Crippen LogP contribution < -0.4 is 5.90 Å². The van der Waals surface area contributed by atoms with Crippen molar-refractivity contribution in [1.29, 1.82) is 0 Å². The molecule has 0 radical (unpaired) electrons. The molecule has 0 spiro atoms. The lowest BCUT2D eigenvalue weighted by Crippen LogP contribution is -2.35. The zero-order valence-corrected chi connectivity index (χ0v) is 11.0. The Morgan fingerprint density at radius 2 is 1.72 bits per heavy atom. The highest BCUT2D eigenvalue weighted by atomic mass is 32.2. The predicted octanol–water partition coefficient (Wildman–Crippen LogP) is 1.25. The lowest BCUT2D eigenvalue weighted by molar-refractivity contribution is 0.124. The van der Waals surface area contributed by atoms with E-state index in [4.69, 9.17) is 5.90 Å². The largest absolute Gasteiger partial charge is 0.300 e. The average molecular weight is 270 g/mol. The van der Waals surface area contributed by atoms with E-state index in [0.29, 0.717) is 18.0 Å². The quantitative estimate of drug-likeness (QED) is 0.836. The Morgan fingerprint density at radius 3 is 2.28 bits per heavy atom. The minimum absolute atomic E-state index is 0.282. The molecule has 0 aromatic heterocycles. The highest BCUT2D eigenvalue weighted by Gasteiger charge is 2.25. The molecule has 1 aromatic carbocycles. The van der Waals surface area contributed by atoms with E-state index in [1.807, 2.05) is 0 Å². The van der Waals surface area contributed by atoms with Crippen molar-refractivity contribution in [2.24, 2.45) is 5.90 Å². The van der Waals surface area contributed by atoms with Gasteiger partial charge in [0.15, 0.2) is 0 Å². The first-order chi connectivity index (χ1) is 8.64. The van der Waals surface area contributed by atoms with Crippen LogP contribution in [0.4, 0.5) is 0 Å². The zero-order valence-electron chi connectivity index (χ0n) is 10.2. The maximum Gasteiger partial charge on any atom is 0.243 e. The smallest absolute Gasteiger partial charge is 0.243 e. The third-order valence-electron chi connectivity index (χ3n) is 3.13. The minimum Gasteiger partial charge on any atom is -0.300 e. The fourth-order valence-corrected chi connectivity index (χ4v) is 3.63. The van der Waals surface area contributed by atoms with Gasteiger partial charge < -0.3 is 0 Å². The molecule has 2 rings (SSSR count). The van der Waals surface area contributed by atoms with Crippen LogP contribution in [0.2, 0.25) is 0 Å². The Morgan fingerprint density at radius 1 is 1.11 bits per heavy atom. The van der Waals surface area contributed by atoms with Gasteiger partial charge in [0.2, 0.25) is 10.0 Å². The van der Waals surface area contributed by atoms with E-state index in [1.54, 1.807) is 28.6 Å². The van der Waals surface area contributed by atoms with Crippen LogP contribution >= 0.6 is 0 Å². The number of rotatable bonds is 4. The van der Waals surface area contributed by atoms with E-state index in [1.165, 1.54) is 0 Å². The molecule has 0 amide bonds. The number of nitrogens with two attached hydrogens (primary N) is 1. The average Bonchev–Trinajstić information content (AvgIpc) is 2.41. The summed E-state index contributed by atoms with van der Waals surface area (Å²) in [7, 11) is -3.33. The molecule has 0 atom stereocenters. The van der Waals surface area contributed by atoms with Crippen LogP contribution in [0.5, 0.6) is 0 Å². The minimum atomic E-state index is -3.33. The van der Waals surface area contributed by atoms with Crippen LogP contribution in [0.1, 0.15) is 24.8 Å². The van der Waals surface area contributed by atoms with Crippen LogP contribution in [-0.4, -0.2) is 25.8 Å². The molecule has 1 heterocycles. The van der Waals surface area contributed by atoms with Gasteiger partial charge in [-0.3, -0.25) is 4.84 Å². The van der Waals surface area contributed by atoms with Gasteiger partial charge in [-0.25, -0.2) is 14.3 Å². The van der Waals surface area contributed by atoms with E-state index in [0.717, 1.165) is 24.8 Å². The fraction of sp³-hybridized carbons (Fsp3) is 0.500. The monoisotopic (exact) mass is 270 g/mol. The third kappa shape index (κ3) is 2.89. The molecule has 0 saturated carbocycles. The topological polar surface area (TPSA) is 72.6 Å². The van der Waals surface area contributed by atoms with Gasteiger partial charge in [-0.15, -0.1) is 0 Å². The number of hydrogen-bond donors (Lipinski definition) is 1. The van der Waals surface area contributed by atoms with Crippen molar-refractivity contribution in [2.75, 3.05) is 13.1 Å². The first kappa shape index (κ1) is 13.5. The molecule has 1 saturated heterocycles. The summed E-state index contributed by atoms with van der Waals surface area (Å²) in [5.74, 6) is 4.97. The molecule has 0 unspecified atom stereocenters. The SMILES string of the molecule is NOCc1ccc(S(=O)(=O)N2CCCCC2)cc1. The molecule has 0 aliphatic carbocycles. The lowest BCUT2D eigenvalue weighted by Gasteiger charge is -2.25. The van der Waals surface area contributed by atoms with Crippen molar-refractivity contribution < 1.29 is 13.3 Å². The van der Waals surface area contributed by atoms with E-state index in [9.17, 15) is 8.42 Å². The van der Waals surface area contributed by atoms with Gasteiger partial charge in [0.25, 0.3) is 0 Å². The molecule has 18 heavy (non-hydrogen) atoms. The van der Waals surface area contributed by atoms with Crippen LogP contribution in [-0.2, 0) is 21.5 Å². The first-order valence-corrected chi connectivity index (χ1v) is 7.49. The molecule has 1 aromatic rings. The summed E-state index contributed by atoms with van der Waals surface area (Å²) in [4.78, 5) is 4.85. The number of hydrogen-bond acceptors (Lipinski definition) is 4. The number of benzene rings is 1. The third-order valence-corrected chi connectivity index (χ3v) is 5.04. The Hall–Kier alpha value is -0.950. The summed E-state index contributed by atoms with van der Waals surface area (Å²) in [5, 5.41) is 0. The highest BCUT2D eigenvalue weighted by molar-refractivity contribution is 7.89. The van der Waals surface area contributed by atoms with Gasteiger partial charge in [0, 0.05) is 13.1 Å². The predicted molar refractivity (Wildman–Crippen MR) is 68.0 cm³/mol. The molecule has 1 aliphatic heterocycles. The molecular weight excluding hydrogens is 252 g/mol. The summed E-state index contributed by atoms with van der Waals surface area (Å²) in [6, 6.07) is 6.67. The van der Waals surface area contributed by atoms with Gasteiger partial charge in [0.1, 0.15) is 0 Å². The summed E-state index contributed by atoms with van der Waals surface area (Å²) >= 11 is 0. The molecular formula is C12H18N2O3S. The second-order valence-corrected chi connectivity index (χ2v) is 6.36. The number of nitrogens with zero attached hydrogens (tertiary/aromatic N) is 1. The van der Waals surface area contributed by atoms with Crippen molar-refractivity contribution >= 4 is 10.0 Å². The van der Waals surface area contributed by atoms with E-state index >= 15 is 0 Å². The van der Waals surface area contributed by atoms with Crippen LogP contribution in [0.3, 0.4) is 0 Å². The number of piperidine rings is 1. The standard InChI is InChI=1S/C12H18N2O3S/c13-17-10-11-4-6-12(7-5-11)18(15,16)14-8-2-1-3-9-14/h4-7H,1-3,8-10,13H2. The zero-order chi connectivity index (χ0) is 13.0. The second kappa shape index (κ2) is 5.79. The van der Waals surface area contributed by atoms with E-state index < -0.39 is 10.0 Å². The Labute approximate surface area is 108 Å². The van der Waals surface area contributed by atoms with Gasteiger partial charge in [0.05, 0.1) is 11.5 Å². The van der Waals surface area contributed by atoms with Crippen molar-refractivity contribution in [3.8, 4) is 0 Å². The van der Waals surface area contributed by atoms with Crippen molar-refractivity contribution in [3.63, 3.8) is 0 Å².